The number of nitrogens with one attached hydrogen (secondary N) is 1. The molecule has 0 saturated carbocycles. The second kappa shape index (κ2) is 5.93. The van der Waals surface area contributed by atoms with E-state index in [1.807, 2.05) is 12.1 Å². The Bertz CT molecular complexity index is 673. The summed E-state index contributed by atoms with van der Waals surface area (Å²) in [6, 6.07) is 19.4. The van der Waals surface area contributed by atoms with Gasteiger partial charge in [-0.3, -0.25) is 0 Å². The summed E-state index contributed by atoms with van der Waals surface area (Å²) >= 11 is 0. The quantitative estimate of drug-likeness (QED) is 0.743. The number of rotatable bonds is 5. The second-order valence-corrected chi connectivity index (χ2v) is 5.11. The lowest BCUT2D eigenvalue weighted by Gasteiger charge is -2.14. The molecule has 1 atom stereocenters. The van der Waals surface area contributed by atoms with Crippen LogP contribution in [0.25, 0.3) is 10.8 Å². The van der Waals surface area contributed by atoms with Crippen LogP contribution < -0.4 is 5.32 Å². The number of hydrogen-bond acceptors (Lipinski definition) is 2. The molecule has 0 amide bonds. The van der Waals surface area contributed by atoms with E-state index in [1.54, 1.807) is 6.26 Å². The number of benzene rings is 2. The van der Waals surface area contributed by atoms with Gasteiger partial charge in [-0.05, 0) is 41.5 Å². The van der Waals surface area contributed by atoms with Gasteiger partial charge in [0.25, 0.3) is 0 Å². The Kier molecular flexibility index (Phi) is 3.84. The third-order valence-electron chi connectivity index (χ3n) is 3.68. The largest absolute Gasteiger partial charge is 0.469 e. The molecule has 0 aliphatic carbocycles. The van der Waals surface area contributed by atoms with Crippen molar-refractivity contribution in [1.29, 1.82) is 0 Å². The number of fused-ring (bicyclic) bond motifs is 1. The van der Waals surface area contributed by atoms with E-state index in [-0.39, 0.29) is 0 Å². The van der Waals surface area contributed by atoms with Gasteiger partial charge < -0.3 is 9.73 Å². The lowest BCUT2D eigenvalue weighted by atomic mass is 10.0. The molecule has 2 aromatic carbocycles. The fraction of sp³-hybridized carbons (Fsp3) is 0.222. The van der Waals surface area contributed by atoms with Gasteiger partial charge >= 0.3 is 0 Å². The molecular weight excluding hydrogens is 246 g/mol. The highest BCUT2D eigenvalue weighted by molar-refractivity contribution is 5.83. The van der Waals surface area contributed by atoms with Crippen molar-refractivity contribution in [2.24, 2.45) is 0 Å². The summed E-state index contributed by atoms with van der Waals surface area (Å²) in [5.74, 6) is 1.03. The van der Waals surface area contributed by atoms with E-state index in [2.05, 4.69) is 54.7 Å². The summed E-state index contributed by atoms with van der Waals surface area (Å²) in [6.45, 7) is 3.12. The first-order chi connectivity index (χ1) is 9.83. The van der Waals surface area contributed by atoms with Gasteiger partial charge in [0, 0.05) is 19.0 Å². The molecule has 0 aliphatic heterocycles. The molecule has 0 fully saturated rings. The zero-order valence-electron chi connectivity index (χ0n) is 11.7. The summed E-state index contributed by atoms with van der Waals surface area (Å²) in [5.41, 5.74) is 1.32. The Morgan fingerprint density at radius 3 is 2.65 bits per heavy atom. The van der Waals surface area contributed by atoms with Gasteiger partial charge in [-0.15, -0.1) is 0 Å². The highest BCUT2D eigenvalue weighted by Crippen LogP contribution is 2.20. The minimum absolute atomic E-state index is 0.342. The van der Waals surface area contributed by atoms with Gasteiger partial charge in [0.15, 0.2) is 0 Å². The normalized spacial score (nSPS) is 12.7. The molecule has 1 aromatic heterocycles. The van der Waals surface area contributed by atoms with E-state index in [4.69, 9.17) is 4.42 Å². The Balaban J connectivity index is 1.64. The first-order valence-corrected chi connectivity index (χ1v) is 7.07. The van der Waals surface area contributed by atoms with Crippen LogP contribution in [0.2, 0.25) is 0 Å². The summed E-state index contributed by atoms with van der Waals surface area (Å²) in [4.78, 5) is 0. The van der Waals surface area contributed by atoms with Gasteiger partial charge in [0.05, 0.1) is 6.26 Å². The Morgan fingerprint density at radius 2 is 1.85 bits per heavy atom. The van der Waals surface area contributed by atoms with E-state index in [0.29, 0.717) is 6.04 Å². The Labute approximate surface area is 119 Å². The first kappa shape index (κ1) is 12.9. The van der Waals surface area contributed by atoms with E-state index < -0.39 is 0 Å². The zero-order chi connectivity index (χ0) is 13.8. The summed E-state index contributed by atoms with van der Waals surface area (Å²) in [6.07, 6.45) is 2.65. The van der Waals surface area contributed by atoms with E-state index in [0.717, 1.165) is 18.7 Å². The number of hydrogen-bond donors (Lipinski definition) is 1. The van der Waals surface area contributed by atoms with Crippen LogP contribution in [0.4, 0.5) is 0 Å². The third-order valence-corrected chi connectivity index (χ3v) is 3.68. The van der Waals surface area contributed by atoms with Crippen LogP contribution in [0.5, 0.6) is 0 Å². The van der Waals surface area contributed by atoms with Crippen LogP contribution in [0.1, 0.15) is 24.3 Å². The number of furan rings is 1. The molecule has 0 aliphatic rings. The van der Waals surface area contributed by atoms with E-state index in [9.17, 15) is 0 Å². The predicted octanol–water partition coefficient (Wildman–Crippen LogP) is 4.33. The van der Waals surface area contributed by atoms with Gasteiger partial charge in [0.1, 0.15) is 5.76 Å². The third kappa shape index (κ3) is 2.91. The molecule has 3 rings (SSSR count). The standard InChI is InChI=1S/C18H19NO/c1-14(19-11-10-18-7-4-12-20-18)16-9-8-15-5-2-3-6-17(15)13-16/h2-9,12-14,19H,10-11H2,1H3. The average Bonchev–Trinajstić information content (AvgIpc) is 3.00. The van der Waals surface area contributed by atoms with E-state index in [1.165, 1.54) is 16.3 Å². The van der Waals surface area contributed by atoms with Crippen LogP contribution in [0.3, 0.4) is 0 Å². The fourth-order valence-corrected chi connectivity index (χ4v) is 2.46. The topological polar surface area (TPSA) is 25.2 Å². The summed E-state index contributed by atoms with van der Waals surface area (Å²) < 4.78 is 5.34. The van der Waals surface area contributed by atoms with Crippen LogP contribution in [-0.2, 0) is 6.42 Å². The average molecular weight is 265 g/mol. The molecule has 2 nitrogen and oxygen atoms in total. The van der Waals surface area contributed by atoms with Gasteiger partial charge in [-0.2, -0.15) is 0 Å². The predicted molar refractivity (Wildman–Crippen MR) is 82.8 cm³/mol. The highest BCUT2D eigenvalue weighted by atomic mass is 16.3. The molecule has 3 aromatic rings. The molecule has 20 heavy (non-hydrogen) atoms. The molecule has 0 spiro atoms. The molecule has 0 saturated heterocycles. The van der Waals surface area contributed by atoms with Crippen molar-refractivity contribution in [2.75, 3.05) is 6.54 Å². The van der Waals surface area contributed by atoms with Gasteiger partial charge in [-0.25, -0.2) is 0 Å². The maximum Gasteiger partial charge on any atom is 0.105 e. The lowest BCUT2D eigenvalue weighted by molar-refractivity contribution is 0.486. The monoisotopic (exact) mass is 265 g/mol. The van der Waals surface area contributed by atoms with Crippen molar-refractivity contribution in [2.45, 2.75) is 19.4 Å². The smallest absolute Gasteiger partial charge is 0.105 e. The summed E-state index contributed by atoms with van der Waals surface area (Å²) in [5, 5.41) is 6.13. The van der Waals surface area contributed by atoms with Crippen LogP contribution >= 0.6 is 0 Å². The SMILES string of the molecule is CC(NCCc1ccco1)c1ccc2ccccc2c1. The van der Waals surface area contributed by atoms with Crippen LogP contribution in [0.15, 0.2) is 65.3 Å². The summed E-state index contributed by atoms with van der Waals surface area (Å²) in [7, 11) is 0. The molecular formula is C18H19NO. The van der Waals surface area contributed by atoms with Crippen molar-refractivity contribution < 1.29 is 4.42 Å². The van der Waals surface area contributed by atoms with Gasteiger partial charge in [0.2, 0.25) is 0 Å². The minimum Gasteiger partial charge on any atom is -0.469 e. The second-order valence-electron chi connectivity index (χ2n) is 5.11. The van der Waals surface area contributed by atoms with Gasteiger partial charge in [-0.1, -0.05) is 36.4 Å². The molecule has 1 heterocycles. The van der Waals surface area contributed by atoms with Crippen LogP contribution in [-0.4, -0.2) is 6.54 Å². The molecule has 2 heteroatoms. The van der Waals surface area contributed by atoms with Crippen molar-refractivity contribution in [1.82, 2.24) is 5.32 Å². The maximum atomic E-state index is 5.34. The van der Waals surface area contributed by atoms with Crippen LogP contribution in [0, 0.1) is 0 Å². The molecule has 0 radical (unpaired) electrons. The van der Waals surface area contributed by atoms with E-state index >= 15 is 0 Å². The molecule has 1 unspecified atom stereocenters. The molecule has 0 bridgehead atoms. The Hall–Kier alpha value is -2.06. The first-order valence-electron chi connectivity index (χ1n) is 7.07. The molecule has 102 valence electrons. The van der Waals surface area contributed by atoms with Crippen molar-refractivity contribution in [3.63, 3.8) is 0 Å². The van der Waals surface area contributed by atoms with Crippen molar-refractivity contribution in [3.8, 4) is 0 Å². The molecule has 1 N–H and O–H groups in total. The lowest BCUT2D eigenvalue weighted by Crippen LogP contribution is -2.21. The fourth-order valence-electron chi connectivity index (χ4n) is 2.46. The van der Waals surface area contributed by atoms with Crippen molar-refractivity contribution >= 4 is 10.8 Å². The zero-order valence-corrected chi connectivity index (χ0v) is 11.7. The minimum atomic E-state index is 0.342. The van der Waals surface area contributed by atoms with Crippen molar-refractivity contribution in [3.05, 3.63) is 72.2 Å². The maximum absolute atomic E-state index is 5.34. The highest BCUT2D eigenvalue weighted by Gasteiger charge is 2.05. The Morgan fingerprint density at radius 1 is 1.00 bits per heavy atom.